The van der Waals surface area contributed by atoms with Gasteiger partial charge in [-0.1, -0.05) is 11.2 Å². The summed E-state index contributed by atoms with van der Waals surface area (Å²) in [6.45, 7) is 3.65. The largest absolute Gasteiger partial charge is 0.495 e. The molecule has 8 heteroatoms. The second kappa shape index (κ2) is 8.22. The van der Waals surface area contributed by atoms with E-state index in [4.69, 9.17) is 9.57 Å². The van der Waals surface area contributed by atoms with Crippen molar-refractivity contribution in [3.63, 3.8) is 0 Å². The van der Waals surface area contributed by atoms with Crippen LogP contribution in [-0.2, 0) is 4.84 Å². The van der Waals surface area contributed by atoms with E-state index in [1.54, 1.807) is 32.0 Å². The van der Waals surface area contributed by atoms with E-state index in [0.717, 1.165) is 65.7 Å². The number of fused-ring (bicyclic) bond motifs is 1. The Morgan fingerprint density at radius 3 is 2.94 bits per heavy atom. The SMILES string of the molecule is COc1cc(/C=C2\CCCN3CC(c4cnccn4)ON=C23)ccc1-n1cnc(C)c1. The molecule has 4 heterocycles. The molecule has 5 rings (SSSR count). The van der Waals surface area contributed by atoms with Gasteiger partial charge in [0.25, 0.3) is 0 Å². The highest BCUT2D eigenvalue weighted by molar-refractivity contribution is 6.02. The van der Waals surface area contributed by atoms with E-state index in [-0.39, 0.29) is 6.10 Å². The summed E-state index contributed by atoms with van der Waals surface area (Å²) in [7, 11) is 1.69. The van der Waals surface area contributed by atoms with Crippen LogP contribution in [-0.4, -0.2) is 50.5 Å². The fraction of sp³-hybridized carbons (Fsp3) is 0.304. The fourth-order valence-electron chi connectivity index (χ4n) is 4.03. The highest BCUT2D eigenvalue weighted by atomic mass is 16.6. The van der Waals surface area contributed by atoms with Crippen molar-refractivity contribution in [1.29, 1.82) is 0 Å². The van der Waals surface area contributed by atoms with E-state index >= 15 is 0 Å². The first-order valence-corrected chi connectivity index (χ1v) is 10.4. The maximum atomic E-state index is 5.79. The van der Waals surface area contributed by atoms with Crippen LogP contribution in [0.25, 0.3) is 11.8 Å². The molecule has 0 saturated carbocycles. The van der Waals surface area contributed by atoms with Crippen LogP contribution in [0.1, 0.15) is 35.9 Å². The van der Waals surface area contributed by atoms with E-state index < -0.39 is 0 Å². The Kier molecular flexibility index (Phi) is 5.11. The average Bonchev–Trinajstić information content (AvgIpc) is 3.25. The number of rotatable bonds is 4. The lowest BCUT2D eigenvalue weighted by molar-refractivity contribution is 0.0155. The number of amidine groups is 1. The van der Waals surface area contributed by atoms with Gasteiger partial charge in [0.05, 0.1) is 37.6 Å². The van der Waals surface area contributed by atoms with Crippen LogP contribution in [0.4, 0.5) is 0 Å². The minimum Gasteiger partial charge on any atom is -0.495 e. The van der Waals surface area contributed by atoms with E-state index in [1.807, 2.05) is 23.8 Å². The molecule has 0 aliphatic carbocycles. The van der Waals surface area contributed by atoms with Crippen molar-refractivity contribution in [2.24, 2.45) is 5.16 Å². The first-order chi connectivity index (χ1) is 15.2. The van der Waals surface area contributed by atoms with Gasteiger partial charge >= 0.3 is 0 Å². The van der Waals surface area contributed by atoms with Crippen LogP contribution in [0, 0.1) is 6.92 Å². The number of imidazole rings is 1. The number of nitrogens with zero attached hydrogens (tertiary/aromatic N) is 6. The molecule has 1 saturated heterocycles. The first kappa shape index (κ1) is 19.3. The molecule has 0 spiro atoms. The zero-order valence-corrected chi connectivity index (χ0v) is 17.6. The summed E-state index contributed by atoms with van der Waals surface area (Å²) in [5.74, 6) is 1.70. The summed E-state index contributed by atoms with van der Waals surface area (Å²) >= 11 is 0. The first-order valence-electron chi connectivity index (χ1n) is 10.4. The molecular weight excluding hydrogens is 392 g/mol. The Hall–Kier alpha value is -3.68. The minimum absolute atomic E-state index is 0.199. The summed E-state index contributed by atoms with van der Waals surface area (Å²) in [6, 6.07) is 6.19. The zero-order valence-electron chi connectivity index (χ0n) is 17.6. The number of hydrogen-bond acceptors (Lipinski definition) is 7. The molecule has 0 amide bonds. The van der Waals surface area contributed by atoms with E-state index in [0.29, 0.717) is 0 Å². The van der Waals surface area contributed by atoms with Crippen LogP contribution < -0.4 is 4.74 Å². The molecule has 2 aromatic heterocycles. The summed E-state index contributed by atoms with van der Waals surface area (Å²) in [5, 5.41) is 4.46. The Bertz CT molecular complexity index is 1140. The molecule has 2 aliphatic heterocycles. The number of aryl methyl sites for hydroxylation is 1. The van der Waals surface area contributed by atoms with Gasteiger partial charge in [0.2, 0.25) is 0 Å². The van der Waals surface area contributed by atoms with E-state index in [2.05, 4.69) is 43.2 Å². The number of benzene rings is 1. The van der Waals surface area contributed by atoms with Crippen LogP contribution >= 0.6 is 0 Å². The molecule has 1 aromatic carbocycles. The minimum atomic E-state index is -0.199. The summed E-state index contributed by atoms with van der Waals surface area (Å²) in [5.41, 5.74) is 4.95. The standard InChI is InChI=1S/C23H24N6O2/c1-16-13-29(15-26-16)20-6-5-17(11-21(20)30-2)10-18-4-3-9-28-14-22(31-27-23(18)28)19-12-24-7-8-25-19/h5-8,10-13,15,22H,3-4,9,14H2,1-2H3/b18-10+. The van der Waals surface area contributed by atoms with Crippen molar-refractivity contribution in [3.8, 4) is 11.4 Å². The van der Waals surface area contributed by atoms with Crippen molar-refractivity contribution >= 4 is 11.9 Å². The van der Waals surface area contributed by atoms with Gasteiger partial charge in [-0.2, -0.15) is 0 Å². The van der Waals surface area contributed by atoms with E-state index in [9.17, 15) is 0 Å². The average molecular weight is 416 g/mol. The Balaban J connectivity index is 1.42. The van der Waals surface area contributed by atoms with Gasteiger partial charge in [-0.25, -0.2) is 4.98 Å². The summed E-state index contributed by atoms with van der Waals surface area (Å²) in [4.78, 5) is 20.9. The number of methoxy groups -OCH3 is 1. The smallest absolute Gasteiger partial charge is 0.188 e. The lowest BCUT2D eigenvalue weighted by Gasteiger charge is -2.36. The Morgan fingerprint density at radius 2 is 2.16 bits per heavy atom. The van der Waals surface area contributed by atoms with Crippen LogP contribution in [0.2, 0.25) is 0 Å². The molecule has 158 valence electrons. The lowest BCUT2D eigenvalue weighted by Crippen LogP contribution is -2.43. The van der Waals surface area contributed by atoms with Crippen molar-refractivity contribution in [2.45, 2.75) is 25.9 Å². The normalized spacial score (nSPS) is 19.5. The van der Waals surface area contributed by atoms with Crippen molar-refractivity contribution < 1.29 is 9.57 Å². The monoisotopic (exact) mass is 416 g/mol. The molecule has 1 unspecified atom stereocenters. The third kappa shape index (κ3) is 3.88. The molecule has 0 N–H and O–H groups in total. The molecule has 1 atom stereocenters. The third-order valence-corrected chi connectivity index (χ3v) is 5.56. The molecule has 8 nitrogen and oxygen atoms in total. The predicted octanol–water partition coefficient (Wildman–Crippen LogP) is 3.54. The molecule has 1 fully saturated rings. The molecule has 3 aromatic rings. The third-order valence-electron chi connectivity index (χ3n) is 5.56. The van der Waals surface area contributed by atoms with Gasteiger partial charge in [-0.3, -0.25) is 9.97 Å². The summed E-state index contributed by atoms with van der Waals surface area (Å²) in [6.07, 6.45) is 12.9. The van der Waals surface area contributed by atoms with Crippen molar-refractivity contribution in [2.75, 3.05) is 20.2 Å². The second-order valence-electron chi connectivity index (χ2n) is 7.71. The number of piperidine rings is 1. The van der Waals surface area contributed by atoms with Gasteiger partial charge in [0.1, 0.15) is 11.4 Å². The van der Waals surface area contributed by atoms with Gasteiger partial charge in [-0.05, 0) is 49.1 Å². The molecule has 0 radical (unpaired) electrons. The zero-order chi connectivity index (χ0) is 21.2. The van der Waals surface area contributed by atoms with Gasteiger partial charge in [0.15, 0.2) is 11.9 Å². The molecular formula is C23H24N6O2. The maximum absolute atomic E-state index is 5.79. The van der Waals surface area contributed by atoms with Crippen LogP contribution in [0.3, 0.4) is 0 Å². The lowest BCUT2D eigenvalue weighted by atomic mass is 9.99. The molecule has 0 bridgehead atoms. The van der Waals surface area contributed by atoms with Gasteiger partial charge in [0, 0.05) is 25.1 Å². The Labute approximate surface area is 180 Å². The van der Waals surface area contributed by atoms with Gasteiger partial charge < -0.3 is 19.0 Å². The fourth-order valence-corrected chi connectivity index (χ4v) is 4.03. The second-order valence-corrected chi connectivity index (χ2v) is 7.71. The van der Waals surface area contributed by atoms with Crippen molar-refractivity contribution in [1.82, 2.24) is 24.4 Å². The topological polar surface area (TPSA) is 77.7 Å². The summed E-state index contributed by atoms with van der Waals surface area (Å²) < 4.78 is 7.62. The van der Waals surface area contributed by atoms with Crippen LogP contribution in [0.5, 0.6) is 5.75 Å². The Morgan fingerprint density at radius 1 is 1.23 bits per heavy atom. The highest BCUT2D eigenvalue weighted by Gasteiger charge is 2.31. The van der Waals surface area contributed by atoms with Crippen molar-refractivity contribution in [3.05, 3.63) is 71.8 Å². The number of aromatic nitrogens is 4. The molecule has 31 heavy (non-hydrogen) atoms. The maximum Gasteiger partial charge on any atom is 0.188 e. The number of ether oxygens (including phenoxy) is 1. The predicted molar refractivity (Wildman–Crippen MR) is 117 cm³/mol. The van der Waals surface area contributed by atoms with Gasteiger partial charge in [-0.15, -0.1) is 0 Å². The highest BCUT2D eigenvalue weighted by Crippen LogP contribution is 2.31. The quantitative estimate of drug-likeness (QED) is 0.647. The van der Waals surface area contributed by atoms with E-state index in [1.165, 1.54) is 0 Å². The number of hydrogen-bond donors (Lipinski definition) is 0. The van der Waals surface area contributed by atoms with Crippen LogP contribution in [0.15, 0.2) is 60.0 Å². The number of oxime groups is 1. The molecule has 2 aliphatic rings.